The Hall–Kier alpha value is -3.77. The molecule has 0 unspecified atom stereocenters. The van der Waals surface area contributed by atoms with Crippen LogP contribution in [0.15, 0.2) is 82.2 Å². The number of ether oxygens (including phenoxy) is 3. The summed E-state index contributed by atoms with van der Waals surface area (Å²) in [4.78, 5) is 24.5. The molecule has 0 saturated heterocycles. The Labute approximate surface area is 188 Å². The summed E-state index contributed by atoms with van der Waals surface area (Å²) in [5.41, 5.74) is 1.39. The molecule has 1 aromatic heterocycles. The van der Waals surface area contributed by atoms with Crippen molar-refractivity contribution in [2.24, 2.45) is 0 Å². The zero-order valence-electron chi connectivity index (χ0n) is 17.2. The monoisotopic (exact) mass is 450 g/mol. The average molecular weight is 451 g/mol. The molecule has 0 amide bonds. The van der Waals surface area contributed by atoms with Gasteiger partial charge < -0.3 is 18.6 Å². The fourth-order valence-electron chi connectivity index (χ4n) is 3.05. The van der Waals surface area contributed by atoms with Crippen LogP contribution in [0.1, 0.15) is 22.8 Å². The smallest absolute Gasteiger partial charge is 0.338 e. The summed E-state index contributed by atoms with van der Waals surface area (Å²) in [6.45, 7) is 2.37. The van der Waals surface area contributed by atoms with E-state index in [4.69, 9.17) is 30.2 Å². The van der Waals surface area contributed by atoms with Crippen LogP contribution in [0.5, 0.6) is 17.2 Å². The van der Waals surface area contributed by atoms with Gasteiger partial charge in [0.05, 0.1) is 17.6 Å². The molecule has 0 aliphatic heterocycles. The van der Waals surface area contributed by atoms with Gasteiger partial charge in [-0.25, -0.2) is 4.79 Å². The molecule has 0 aliphatic carbocycles. The van der Waals surface area contributed by atoms with E-state index in [-0.39, 0.29) is 11.2 Å². The van der Waals surface area contributed by atoms with Crippen LogP contribution in [0.25, 0.3) is 11.0 Å². The molecule has 0 saturated carbocycles. The molecule has 32 heavy (non-hydrogen) atoms. The van der Waals surface area contributed by atoms with E-state index in [1.807, 2.05) is 18.2 Å². The Balaban J connectivity index is 1.49. The number of carbonyl (C=O) groups is 1. The summed E-state index contributed by atoms with van der Waals surface area (Å²) in [7, 11) is 0. The second-order valence-electron chi connectivity index (χ2n) is 6.85. The van der Waals surface area contributed by atoms with Gasteiger partial charge in [-0.15, -0.1) is 0 Å². The fraction of sp³-hybridized carbons (Fsp3) is 0.120. The minimum Gasteiger partial charge on any atom is -0.489 e. The number of hydrogen-bond donors (Lipinski definition) is 0. The molecule has 0 aliphatic rings. The SMILES string of the molecule is CCOC(=O)c1ccc(Oc2coc3cc(OCc4cccc(Cl)c4)ccc3c2=O)cc1. The summed E-state index contributed by atoms with van der Waals surface area (Å²) < 4.78 is 22.0. The zero-order valence-corrected chi connectivity index (χ0v) is 17.9. The number of carbonyl (C=O) groups excluding carboxylic acids is 1. The minimum atomic E-state index is -0.419. The second-order valence-corrected chi connectivity index (χ2v) is 7.29. The van der Waals surface area contributed by atoms with Gasteiger partial charge in [0, 0.05) is 11.1 Å². The maximum absolute atomic E-state index is 12.8. The zero-order chi connectivity index (χ0) is 22.5. The average Bonchev–Trinajstić information content (AvgIpc) is 2.80. The summed E-state index contributed by atoms with van der Waals surface area (Å²) in [5, 5.41) is 0.999. The number of hydrogen-bond acceptors (Lipinski definition) is 6. The third-order valence-corrected chi connectivity index (χ3v) is 4.84. The van der Waals surface area contributed by atoms with E-state index < -0.39 is 5.97 Å². The van der Waals surface area contributed by atoms with Gasteiger partial charge >= 0.3 is 5.97 Å². The highest BCUT2D eigenvalue weighted by Crippen LogP contribution is 2.25. The highest BCUT2D eigenvalue weighted by Gasteiger charge is 2.12. The first-order chi connectivity index (χ1) is 15.5. The maximum atomic E-state index is 12.8. The lowest BCUT2D eigenvalue weighted by molar-refractivity contribution is 0.0526. The molecule has 7 heteroatoms. The van der Waals surface area contributed by atoms with E-state index in [2.05, 4.69) is 0 Å². The maximum Gasteiger partial charge on any atom is 0.338 e. The van der Waals surface area contributed by atoms with E-state index in [0.29, 0.717) is 46.3 Å². The number of halogens is 1. The van der Waals surface area contributed by atoms with Crippen molar-refractivity contribution in [2.45, 2.75) is 13.5 Å². The lowest BCUT2D eigenvalue weighted by atomic mass is 10.2. The standard InChI is InChI=1S/C25H19ClO6/c1-2-29-25(28)17-6-8-19(9-7-17)32-23-15-31-22-13-20(10-11-21(22)24(23)27)30-14-16-4-3-5-18(26)12-16/h3-13,15H,2,14H2,1H3. The molecule has 6 nitrogen and oxygen atoms in total. The van der Waals surface area contributed by atoms with Crippen LogP contribution < -0.4 is 14.9 Å². The van der Waals surface area contributed by atoms with Crippen molar-refractivity contribution in [1.29, 1.82) is 0 Å². The van der Waals surface area contributed by atoms with Gasteiger partial charge in [0.2, 0.25) is 11.2 Å². The summed E-state index contributed by atoms with van der Waals surface area (Å²) in [5.74, 6) is 0.571. The highest BCUT2D eigenvalue weighted by molar-refractivity contribution is 6.30. The van der Waals surface area contributed by atoms with Gasteiger partial charge in [0.1, 0.15) is 30.0 Å². The number of fused-ring (bicyclic) bond motifs is 1. The molecule has 0 radical (unpaired) electrons. The van der Waals surface area contributed by atoms with Crippen LogP contribution in [0.2, 0.25) is 5.02 Å². The molecule has 0 atom stereocenters. The summed E-state index contributed by atoms with van der Waals surface area (Å²) in [6.07, 6.45) is 1.25. The van der Waals surface area contributed by atoms with E-state index in [1.54, 1.807) is 55.5 Å². The lowest BCUT2D eigenvalue weighted by Crippen LogP contribution is -2.06. The van der Waals surface area contributed by atoms with Crippen molar-refractivity contribution in [3.05, 3.63) is 99.4 Å². The van der Waals surface area contributed by atoms with E-state index >= 15 is 0 Å². The first-order valence-electron chi connectivity index (χ1n) is 9.91. The Morgan fingerprint density at radius 2 is 1.78 bits per heavy atom. The lowest BCUT2D eigenvalue weighted by Gasteiger charge is -2.09. The number of rotatable bonds is 7. The van der Waals surface area contributed by atoms with Crippen molar-refractivity contribution in [2.75, 3.05) is 6.61 Å². The first-order valence-corrected chi connectivity index (χ1v) is 10.3. The predicted molar refractivity (Wildman–Crippen MR) is 121 cm³/mol. The molecular formula is C25H19ClO6. The van der Waals surface area contributed by atoms with Crippen LogP contribution in [0.4, 0.5) is 0 Å². The Morgan fingerprint density at radius 3 is 2.53 bits per heavy atom. The van der Waals surface area contributed by atoms with Crippen LogP contribution >= 0.6 is 11.6 Å². The van der Waals surface area contributed by atoms with Crippen LogP contribution in [0.3, 0.4) is 0 Å². The van der Waals surface area contributed by atoms with Crippen LogP contribution in [-0.2, 0) is 11.3 Å². The van der Waals surface area contributed by atoms with Gasteiger partial charge in [0.25, 0.3) is 0 Å². The first kappa shape index (κ1) is 21.5. The van der Waals surface area contributed by atoms with Crippen molar-refractivity contribution in [3.63, 3.8) is 0 Å². The van der Waals surface area contributed by atoms with Gasteiger partial charge in [-0.2, -0.15) is 0 Å². The summed E-state index contributed by atoms with van der Waals surface area (Å²) >= 11 is 5.99. The summed E-state index contributed by atoms with van der Waals surface area (Å²) in [6, 6.07) is 18.7. The van der Waals surface area contributed by atoms with Gasteiger partial charge in [-0.3, -0.25) is 4.79 Å². The van der Waals surface area contributed by atoms with Crippen molar-refractivity contribution in [1.82, 2.24) is 0 Å². The third kappa shape index (κ3) is 4.92. The van der Waals surface area contributed by atoms with Crippen molar-refractivity contribution in [3.8, 4) is 17.2 Å². The third-order valence-electron chi connectivity index (χ3n) is 4.60. The van der Waals surface area contributed by atoms with Gasteiger partial charge in [-0.1, -0.05) is 23.7 Å². The molecule has 0 spiro atoms. The quantitative estimate of drug-likeness (QED) is 0.322. The van der Waals surface area contributed by atoms with E-state index in [0.717, 1.165) is 5.56 Å². The highest BCUT2D eigenvalue weighted by atomic mass is 35.5. The molecule has 0 fully saturated rings. The van der Waals surface area contributed by atoms with Crippen LogP contribution in [-0.4, -0.2) is 12.6 Å². The topological polar surface area (TPSA) is 75.0 Å². The predicted octanol–water partition coefficient (Wildman–Crippen LogP) is 5.99. The van der Waals surface area contributed by atoms with E-state index in [1.165, 1.54) is 6.26 Å². The Bertz CT molecular complexity index is 1310. The van der Waals surface area contributed by atoms with Crippen LogP contribution in [0, 0.1) is 0 Å². The molecule has 4 rings (SSSR count). The van der Waals surface area contributed by atoms with Gasteiger partial charge in [0.15, 0.2) is 0 Å². The largest absolute Gasteiger partial charge is 0.489 e. The molecular weight excluding hydrogens is 432 g/mol. The van der Waals surface area contributed by atoms with Crippen molar-refractivity contribution >= 4 is 28.5 Å². The molecule has 3 aromatic carbocycles. The fourth-order valence-corrected chi connectivity index (χ4v) is 3.26. The molecule has 1 heterocycles. The minimum absolute atomic E-state index is 0.0361. The number of esters is 1. The Morgan fingerprint density at radius 1 is 1.00 bits per heavy atom. The van der Waals surface area contributed by atoms with Crippen molar-refractivity contribution < 1.29 is 23.4 Å². The molecule has 162 valence electrons. The normalized spacial score (nSPS) is 10.7. The van der Waals surface area contributed by atoms with Gasteiger partial charge in [-0.05, 0) is 61.0 Å². The number of benzene rings is 3. The van der Waals surface area contributed by atoms with E-state index in [9.17, 15) is 9.59 Å². The molecule has 4 aromatic rings. The second kappa shape index (κ2) is 9.58. The molecule has 0 N–H and O–H groups in total. The molecule has 0 bridgehead atoms. The Kier molecular flexibility index (Phi) is 6.42.